The number of aliphatic hydroxyl groups is 1. The third-order valence-electron chi connectivity index (χ3n) is 3.72. The molecule has 1 aromatic heterocycles. The highest BCUT2D eigenvalue weighted by molar-refractivity contribution is 5.53. The molecular formula is C17H24N2O3. The number of ether oxygens (including phenoxy) is 1. The van der Waals surface area contributed by atoms with Crippen LogP contribution in [-0.2, 0) is 11.3 Å². The highest BCUT2D eigenvalue weighted by Gasteiger charge is 2.24. The SMILES string of the molecule is COCC(C)(CCO)NCc1nc(-c2ccccc2)oc1C. The summed E-state index contributed by atoms with van der Waals surface area (Å²) in [7, 11) is 1.66. The molecule has 0 bridgehead atoms. The average Bonchev–Trinajstić information content (AvgIpc) is 2.88. The second-order valence-electron chi connectivity index (χ2n) is 5.71. The molecule has 0 aliphatic heterocycles. The van der Waals surface area contributed by atoms with E-state index in [4.69, 9.17) is 9.15 Å². The molecule has 120 valence electrons. The van der Waals surface area contributed by atoms with E-state index in [1.165, 1.54) is 0 Å². The number of rotatable bonds is 8. The van der Waals surface area contributed by atoms with Crippen LogP contribution in [0, 0.1) is 6.92 Å². The van der Waals surface area contributed by atoms with Crippen molar-refractivity contribution in [2.75, 3.05) is 20.3 Å². The van der Waals surface area contributed by atoms with Crippen LogP contribution >= 0.6 is 0 Å². The van der Waals surface area contributed by atoms with Gasteiger partial charge in [0.2, 0.25) is 5.89 Å². The first-order valence-corrected chi connectivity index (χ1v) is 7.44. The first-order valence-electron chi connectivity index (χ1n) is 7.44. The Hall–Kier alpha value is -1.69. The van der Waals surface area contributed by atoms with Gasteiger partial charge in [-0.1, -0.05) is 18.2 Å². The van der Waals surface area contributed by atoms with Gasteiger partial charge in [-0.2, -0.15) is 0 Å². The minimum absolute atomic E-state index is 0.111. The molecule has 5 nitrogen and oxygen atoms in total. The van der Waals surface area contributed by atoms with Crippen molar-refractivity contribution in [2.45, 2.75) is 32.4 Å². The zero-order chi connectivity index (χ0) is 16.0. The summed E-state index contributed by atoms with van der Waals surface area (Å²) < 4.78 is 11.0. The fourth-order valence-electron chi connectivity index (χ4n) is 2.37. The minimum Gasteiger partial charge on any atom is -0.441 e. The molecule has 0 fully saturated rings. The van der Waals surface area contributed by atoms with Crippen molar-refractivity contribution >= 4 is 0 Å². The van der Waals surface area contributed by atoms with Gasteiger partial charge in [-0.25, -0.2) is 4.98 Å². The van der Waals surface area contributed by atoms with Crippen molar-refractivity contribution in [3.05, 3.63) is 41.8 Å². The molecule has 1 aromatic carbocycles. The van der Waals surface area contributed by atoms with Gasteiger partial charge in [0.15, 0.2) is 0 Å². The van der Waals surface area contributed by atoms with Crippen LogP contribution in [0.25, 0.3) is 11.5 Å². The minimum atomic E-state index is -0.290. The summed E-state index contributed by atoms with van der Waals surface area (Å²) in [5.41, 5.74) is 1.55. The van der Waals surface area contributed by atoms with Crippen molar-refractivity contribution < 1.29 is 14.3 Å². The van der Waals surface area contributed by atoms with Crippen molar-refractivity contribution in [2.24, 2.45) is 0 Å². The standard InChI is InChI=1S/C17H24N2O3/c1-13-15(11-18-17(2,9-10-20)12-21-3)19-16(22-13)14-7-5-4-6-8-14/h4-8,18,20H,9-12H2,1-3H3. The largest absolute Gasteiger partial charge is 0.441 e. The predicted octanol–water partition coefficient (Wildman–Crippen LogP) is 2.53. The highest BCUT2D eigenvalue weighted by atomic mass is 16.5. The Morgan fingerprint density at radius 1 is 1.32 bits per heavy atom. The summed E-state index contributed by atoms with van der Waals surface area (Å²) >= 11 is 0. The molecule has 2 rings (SSSR count). The van der Waals surface area contributed by atoms with E-state index in [1.807, 2.05) is 44.2 Å². The molecule has 0 spiro atoms. The summed E-state index contributed by atoms with van der Waals surface area (Å²) in [6, 6.07) is 9.84. The number of hydrogen-bond donors (Lipinski definition) is 2. The predicted molar refractivity (Wildman–Crippen MR) is 85.5 cm³/mol. The number of nitrogens with zero attached hydrogens (tertiary/aromatic N) is 1. The molecule has 22 heavy (non-hydrogen) atoms. The number of hydrogen-bond acceptors (Lipinski definition) is 5. The van der Waals surface area contributed by atoms with E-state index >= 15 is 0 Å². The molecule has 1 atom stereocenters. The van der Waals surface area contributed by atoms with E-state index in [0.717, 1.165) is 17.0 Å². The van der Waals surface area contributed by atoms with E-state index < -0.39 is 0 Å². The normalized spacial score (nSPS) is 14.0. The molecule has 0 aliphatic carbocycles. The van der Waals surface area contributed by atoms with Crippen LogP contribution in [0.3, 0.4) is 0 Å². The number of aliphatic hydroxyl groups excluding tert-OH is 1. The zero-order valence-corrected chi connectivity index (χ0v) is 13.4. The maximum absolute atomic E-state index is 9.20. The molecule has 1 heterocycles. The van der Waals surface area contributed by atoms with Crippen LogP contribution in [0.5, 0.6) is 0 Å². The molecule has 5 heteroatoms. The van der Waals surface area contributed by atoms with Gasteiger partial charge in [-0.15, -0.1) is 0 Å². The third kappa shape index (κ3) is 4.16. The van der Waals surface area contributed by atoms with Gasteiger partial charge in [-0.05, 0) is 32.4 Å². The zero-order valence-electron chi connectivity index (χ0n) is 13.4. The van der Waals surface area contributed by atoms with Gasteiger partial charge in [0, 0.05) is 31.4 Å². The Morgan fingerprint density at radius 2 is 2.05 bits per heavy atom. The lowest BCUT2D eigenvalue weighted by molar-refractivity contribution is 0.0967. The van der Waals surface area contributed by atoms with Crippen LogP contribution in [0.4, 0.5) is 0 Å². The highest BCUT2D eigenvalue weighted by Crippen LogP contribution is 2.22. The number of aryl methyl sites for hydroxylation is 1. The van der Waals surface area contributed by atoms with E-state index in [2.05, 4.69) is 10.3 Å². The first-order chi connectivity index (χ1) is 10.6. The molecule has 1 unspecified atom stereocenters. The quantitative estimate of drug-likeness (QED) is 0.784. The number of benzene rings is 1. The van der Waals surface area contributed by atoms with Crippen molar-refractivity contribution in [3.63, 3.8) is 0 Å². The summed E-state index contributed by atoms with van der Waals surface area (Å²) in [5.74, 6) is 1.43. The summed E-state index contributed by atoms with van der Waals surface area (Å²) in [6.45, 7) is 5.15. The molecule has 0 amide bonds. The van der Waals surface area contributed by atoms with Gasteiger partial charge < -0.3 is 19.6 Å². The molecule has 0 saturated carbocycles. The topological polar surface area (TPSA) is 67.5 Å². The van der Waals surface area contributed by atoms with E-state index in [9.17, 15) is 5.11 Å². The van der Waals surface area contributed by atoms with E-state index in [1.54, 1.807) is 7.11 Å². The summed E-state index contributed by atoms with van der Waals surface area (Å²) in [4.78, 5) is 4.57. The van der Waals surface area contributed by atoms with Crippen LogP contribution in [0.15, 0.2) is 34.7 Å². The lowest BCUT2D eigenvalue weighted by Crippen LogP contribution is -2.46. The van der Waals surface area contributed by atoms with Crippen LogP contribution in [0.1, 0.15) is 24.8 Å². The number of oxazole rings is 1. The van der Waals surface area contributed by atoms with Crippen molar-refractivity contribution in [1.82, 2.24) is 10.3 Å². The lowest BCUT2D eigenvalue weighted by Gasteiger charge is -2.29. The maximum Gasteiger partial charge on any atom is 0.226 e. The fourth-order valence-corrected chi connectivity index (χ4v) is 2.37. The Balaban J connectivity index is 2.09. The number of nitrogens with one attached hydrogen (secondary N) is 1. The smallest absolute Gasteiger partial charge is 0.226 e. The van der Waals surface area contributed by atoms with Gasteiger partial charge in [0.25, 0.3) is 0 Å². The van der Waals surface area contributed by atoms with Gasteiger partial charge in [-0.3, -0.25) is 0 Å². The summed E-state index contributed by atoms with van der Waals surface area (Å²) in [5, 5.41) is 12.6. The van der Waals surface area contributed by atoms with E-state index in [0.29, 0.717) is 25.5 Å². The van der Waals surface area contributed by atoms with Gasteiger partial charge in [0.1, 0.15) is 5.76 Å². The van der Waals surface area contributed by atoms with Crippen molar-refractivity contribution in [3.8, 4) is 11.5 Å². The van der Waals surface area contributed by atoms with E-state index in [-0.39, 0.29) is 12.1 Å². The summed E-state index contributed by atoms with van der Waals surface area (Å²) in [6.07, 6.45) is 0.614. The van der Waals surface area contributed by atoms with Crippen LogP contribution < -0.4 is 5.32 Å². The molecule has 0 radical (unpaired) electrons. The lowest BCUT2D eigenvalue weighted by atomic mass is 9.99. The Bertz CT molecular complexity index is 575. The molecule has 2 aromatic rings. The third-order valence-corrected chi connectivity index (χ3v) is 3.72. The molecule has 0 aliphatic rings. The van der Waals surface area contributed by atoms with Crippen LogP contribution in [-0.4, -0.2) is 36.0 Å². The Morgan fingerprint density at radius 3 is 2.68 bits per heavy atom. The molecule has 0 saturated heterocycles. The Kier molecular flexibility index (Phi) is 5.71. The number of aromatic nitrogens is 1. The fraction of sp³-hybridized carbons (Fsp3) is 0.471. The van der Waals surface area contributed by atoms with Crippen molar-refractivity contribution in [1.29, 1.82) is 0 Å². The second kappa shape index (κ2) is 7.54. The van der Waals surface area contributed by atoms with Crippen LogP contribution in [0.2, 0.25) is 0 Å². The molecular weight excluding hydrogens is 280 g/mol. The first kappa shape index (κ1) is 16.7. The molecule has 2 N–H and O–H groups in total. The monoisotopic (exact) mass is 304 g/mol. The Labute approximate surface area is 131 Å². The van der Waals surface area contributed by atoms with Gasteiger partial charge >= 0.3 is 0 Å². The average molecular weight is 304 g/mol. The second-order valence-corrected chi connectivity index (χ2v) is 5.71. The number of methoxy groups -OCH3 is 1. The maximum atomic E-state index is 9.20. The van der Waals surface area contributed by atoms with Gasteiger partial charge in [0.05, 0.1) is 12.3 Å².